The van der Waals surface area contributed by atoms with Crippen LogP contribution in [-0.4, -0.2) is 33.9 Å². The van der Waals surface area contributed by atoms with E-state index >= 15 is 0 Å². The van der Waals surface area contributed by atoms with Crippen molar-refractivity contribution in [3.8, 4) is 5.75 Å². The van der Waals surface area contributed by atoms with Crippen molar-refractivity contribution in [2.75, 3.05) is 13.7 Å². The van der Waals surface area contributed by atoms with E-state index in [-0.39, 0.29) is 5.92 Å². The van der Waals surface area contributed by atoms with E-state index in [0.29, 0.717) is 12.4 Å². The van der Waals surface area contributed by atoms with Crippen molar-refractivity contribution in [3.05, 3.63) is 35.2 Å². The maximum absolute atomic E-state index is 5.85. The molecule has 6 nitrogen and oxygen atoms in total. The van der Waals surface area contributed by atoms with Gasteiger partial charge in [-0.3, -0.25) is 0 Å². The lowest BCUT2D eigenvalue weighted by molar-refractivity contribution is 0.407. The summed E-state index contributed by atoms with van der Waals surface area (Å²) in [6.45, 7) is 2.44. The van der Waals surface area contributed by atoms with E-state index in [1.807, 2.05) is 25.1 Å². The van der Waals surface area contributed by atoms with Gasteiger partial charge < -0.3 is 10.5 Å². The van der Waals surface area contributed by atoms with Crippen LogP contribution < -0.4 is 10.5 Å². The van der Waals surface area contributed by atoms with E-state index in [1.54, 1.807) is 14.2 Å². The van der Waals surface area contributed by atoms with Crippen LogP contribution in [0.3, 0.4) is 0 Å². The predicted octanol–water partition coefficient (Wildman–Crippen LogP) is 0.618. The third-order valence-electron chi connectivity index (χ3n) is 2.83. The molecule has 1 aromatic carbocycles. The highest BCUT2D eigenvalue weighted by molar-refractivity contribution is 5.42. The lowest BCUT2D eigenvalue weighted by atomic mass is 9.96. The number of benzene rings is 1. The molecular formula is C12H17N5O. The monoisotopic (exact) mass is 247 g/mol. The standard InChI is InChI=1S/C12H17N5O/c1-8-4-5-11(18-3)9(6-8)10(7-13)12-14-16-17(2)15-12/h4-6,10H,7,13H2,1-3H3. The molecule has 1 heterocycles. The molecule has 96 valence electrons. The summed E-state index contributed by atoms with van der Waals surface area (Å²) >= 11 is 0. The number of rotatable bonds is 4. The van der Waals surface area contributed by atoms with Crippen LogP contribution in [0.25, 0.3) is 0 Å². The van der Waals surface area contributed by atoms with Crippen LogP contribution in [-0.2, 0) is 7.05 Å². The Balaban J connectivity index is 2.47. The van der Waals surface area contributed by atoms with Crippen LogP contribution in [0, 0.1) is 6.92 Å². The van der Waals surface area contributed by atoms with Gasteiger partial charge in [0.2, 0.25) is 0 Å². The van der Waals surface area contributed by atoms with Crippen LogP contribution in [0.15, 0.2) is 18.2 Å². The lowest BCUT2D eigenvalue weighted by Gasteiger charge is -2.15. The Bertz CT molecular complexity index is 537. The van der Waals surface area contributed by atoms with E-state index in [1.165, 1.54) is 4.80 Å². The van der Waals surface area contributed by atoms with Crippen molar-refractivity contribution < 1.29 is 4.74 Å². The summed E-state index contributed by atoms with van der Waals surface area (Å²) < 4.78 is 5.37. The molecule has 0 amide bonds. The van der Waals surface area contributed by atoms with Crippen molar-refractivity contribution in [1.29, 1.82) is 0 Å². The minimum absolute atomic E-state index is 0.103. The fourth-order valence-corrected chi connectivity index (χ4v) is 1.94. The van der Waals surface area contributed by atoms with Crippen molar-refractivity contribution >= 4 is 0 Å². The average Bonchev–Trinajstić information content (AvgIpc) is 2.77. The molecule has 0 saturated carbocycles. The van der Waals surface area contributed by atoms with Crippen LogP contribution in [0.4, 0.5) is 0 Å². The number of aromatic nitrogens is 4. The lowest BCUT2D eigenvalue weighted by Crippen LogP contribution is -2.16. The Morgan fingerprint density at radius 2 is 2.22 bits per heavy atom. The SMILES string of the molecule is COc1ccc(C)cc1C(CN)c1nnn(C)n1. The number of aryl methyl sites for hydroxylation is 2. The summed E-state index contributed by atoms with van der Waals surface area (Å²) in [7, 11) is 3.38. The predicted molar refractivity (Wildman–Crippen MR) is 67.4 cm³/mol. The van der Waals surface area contributed by atoms with Gasteiger partial charge in [-0.15, -0.1) is 10.2 Å². The molecular weight excluding hydrogens is 230 g/mol. The van der Waals surface area contributed by atoms with Crippen LogP contribution in [0.5, 0.6) is 5.75 Å². The quantitative estimate of drug-likeness (QED) is 0.856. The Hall–Kier alpha value is -1.95. The largest absolute Gasteiger partial charge is 0.496 e. The second-order valence-electron chi connectivity index (χ2n) is 4.17. The van der Waals surface area contributed by atoms with Gasteiger partial charge in [-0.2, -0.15) is 4.80 Å². The topological polar surface area (TPSA) is 78.9 Å². The molecule has 1 unspecified atom stereocenters. The summed E-state index contributed by atoms with van der Waals surface area (Å²) in [5.74, 6) is 1.31. The van der Waals surface area contributed by atoms with Gasteiger partial charge in [0, 0.05) is 12.1 Å². The van der Waals surface area contributed by atoms with E-state index < -0.39 is 0 Å². The van der Waals surface area contributed by atoms with Crippen molar-refractivity contribution in [2.45, 2.75) is 12.8 Å². The molecule has 1 aromatic heterocycles. The zero-order chi connectivity index (χ0) is 13.1. The van der Waals surface area contributed by atoms with Crippen molar-refractivity contribution in [3.63, 3.8) is 0 Å². The first kappa shape index (κ1) is 12.5. The minimum atomic E-state index is -0.103. The van der Waals surface area contributed by atoms with Crippen molar-refractivity contribution in [2.24, 2.45) is 12.8 Å². The van der Waals surface area contributed by atoms with Gasteiger partial charge in [0.15, 0.2) is 5.82 Å². The van der Waals surface area contributed by atoms with E-state index in [0.717, 1.165) is 16.9 Å². The maximum Gasteiger partial charge on any atom is 0.183 e. The highest BCUT2D eigenvalue weighted by Crippen LogP contribution is 2.30. The van der Waals surface area contributed by atoms with Crippen molar-refractivity contribution in [1.82, 2.24) is 20.2 Å². The zero-order valence-electron chi connectivity index (χ0n) is 10.8. The Morgan fingerprint density at radius 1 is 1.44 bits per heavy atom. The third kappa shape index (κ3) is 2.33. The van der Waals surface area contributed by atoms with E-state index in [2.05, 4.69) is 15.4 Å². The number of hydrogen-bond donors (Lipinski definition) is 1. The molecule has 1 atom stereocenters. The van der Waals surface area contributed by atoms with Gasteiger partial charge in [0.1, 0.15) is 5.75 Å². The third-order valence-corrected chi connectivity index (χ3v) is 2.83. The first-order valence-corrected chi connectivity index (χ1v) is 5.74. The van der Waals surface area contributed by atoms with Crippen LogP contribution in [0.2, 0.25) is 0 Å². The number of nitrogens with two attached hydrogens (primary N) is 1. The molecule has 0 radical (unpaired) electrons. The molecule has 2 aromatic rings. The average molecular weight is 247 g/mol. The molecule has 0 aliphatic rings. The van der Waals surface area contributed by atoms with Gasteiger partial charge in [-0.25, -0.2) is 0 Å². The minimum Gasteiger partial charge on any atom is -0.496 e. The van der Waals surface area contributed by atoms with E-state index in [4.69, 9.17) is 10.5 Å². The number of tetrazole rings is 1. The Labute approximate surface area is 106 Å². The fraction of sp³-hybridized carbons (Fsp3) is 0.417. The number of nitrogens with zero attached hydrogens (tertiary/aromatic N) is 4. The van der Waals surface area contributed by atoms with E-state index in [9.17, 15) is 0 Å². The molecule has 2 rings (SSSR count). The molecule has 0 aliphatic carbocycles. The Morgan fingerprint density at radius 3 is 2.78 bits per heavy atom. The summed E-state index contributed by atoms with van der Waals surface area (Å²) in [6, 6.07) is 5.98. The molecule has 2 N–H and O–H groups in total. The first-order valence-electron chi connectivity index (χ1n) is 5.74. The van der Waals surface area contributed by atoms with Crippen LogP contribution in [0.1, 0.15) is 22.9 Å². The molecule has 0 bridgehead atoms. The molecule has 0 saturated heterocycles. The summed E-state index contributed by atoms with van der Waals surface area (Å²) in [4.78, 5) is 1.43. The number of hydrogen-bond acceptors (Lipinski definition) is 5. The van der Waals surface area contributed by atoms with Gasteiger partial charge in [-0.05, 0) is 18.2 Å². The highest BCUT2D eigenvalue weighted by Gasteiger charge is 2.21. The molecule has 18 heavy (non-hydrogen) atoms. The highest BCUT2D eigenvalue weighted by atomic mass is 16.5. The Kier molecular flexibility index (Phi) is 3.57. The van der Waals surface area contributed by atoms with Gasteiger partial charge >= 0.3 is 0 Å². The molecule has 0 aliphatic heterocycles. The summed E-state index contributed by atoms with van der Waals surface area (Å²) in [6.07, 6.45) is 0. The zero-order valence-corrected chi connectivity index (χ0v) is 10.8. The van der Waals surface area contributed by atoms with Gasteiger partial charge in [-0.1, -0.05) is 17.7 Å². The van der Waals surface area contributed by atoms with Gasteiger partial charge in [0.25, 0.3) is 0 Å². The smallest absolute Gasteiger partial charge is 0.183 e. The molecule has 6 heteroatoms. The summed E-state index contributed by atoms with van der Waals surface area (Å²) in [5.41, 5.74) is 7.99. The normalized spacial score (nSPS) is 12.4. The molecule has 0 fully saturated rings. The fourth-order valence-electron chi connectivity index (χ4n) is 1.94. The summed E-state index contributed by atoms with van der Waals surface area (Å²) in [5, 5.41) is 12.1. The second kappa shape index (κ2) is 5.14. The first-order chi connectivity index (χ1) is 8.65. The van der Waals surface area contributed by atoms with Gasteiger partial charge in [0.05, 0.1) is 20.1 Å². The molecule has 0 spiro atoms. The number of methoxy groups -OCH3 is 1. The number of ether oxygens (including phenoxy) is 1. The van der Waals surface area contributed by atoms with Crippen LogP contribution >= 0.6 is 0 Å². The second-order valence-corrected chi connectivity index (χ2v) is 4.17. The maximum atomic E-state index is 5.85.